The van der Waals surface area contributed by atoms with Crippen LogP contribution in [0.4, 0.5) is 15.8 Å². The van der Waals surface area contributed by atoms with Crippen LogP contribution in [0, 0.1) is 5.82 Å². The molecule has 148 valence electrons. The van der Waals surface area contributed by atoms with Gasteiger partial charge in [0.05, 0.1) is 30.1 Å². The molecule has 2 N–H and O–H groups in total. The number of halogens is 1. The Labute approximate surface area is 167 Å². The molecule has 0 unspecified atom stereocenters. The Morgan fingerprint density at radius 3 is 2.38 bits per heavy atom. The summed E-state index contributed by atoms with van der Waals surface area (Å²) in [6.07, 6.45) is 3.69. The third-order valence-corrected chi connectivity index (χ3v) is 4.21. The van der Waals surface area contributed by atoms with E-state index in [9.17, 15) is 14.0 Å². The van der Waals surface area contributed by atoms with Crippen molar-refractivity contribution in [3.63, 3.8) is 0 Å². The maximum absolute atomic E-state index is 12.9. The summed E-state index contributed by atoms with van der Waals surface area (Å²) in [5.41, 5.74) is 3.19. The predicted molar refractivity (Wildman–Crippen MR) is 108 cm³/mol. The summed E-state index contributed by atoms with van der Waals surface area (Å²) >= 11 is 0. The Balaban J connectivity index is 1.57. The van der Waals surface area contributed by atoms with E-state index in [4.69, 9.17) is 0 Å². The number of hydrogen-bond acceptors (Lipinski definition) is 5. The molecule has 6 nitrogen and oxygen atoms in total. The summed E-state index contributed by atoms with van der Waals surface area (Å²) < 4.78 is 17.6. The molecule has 0 aliphatic heterocycles. The fourth-order valence-electron chi connectivity index (χ4n) is 2.68. The zero-order valence-electron chi connectivity index (χ0n) is 15.8. The Kier molecular flexibility index (Phi) is 6.52. The lowest BCUT2D eigenvalue weighted by molar-refractivity contribution is 0.0600. The molecule has 0 aliphatic carbocycles. The number of rotatable bonds is 7. The first kappa shape index (κ1) is 20.0. The zero-order valence-corrected chi connectivity index (χ0v) is 15.8. The highest BCUT2D eigenvalue weighted by atomic mass is 19.1. The second-order valence-corrected chi connectivity index (χ2v) is 6.29. The van der Waals surface area contributed by atoms with Gasteiger partial charge < -0.3 is 15.4 Å². The highest BCUT2D eigenvalue weighted by molar-refractivity contribution is 5.95. The lowest BCUT2D eigenvalue weighted by Gasteiger charge is -2.09. The third-order valence-electron chi connectivity index (χ3n) is 4.21. The van der Waals surface area contributed by atoms with Gasteiger partial charge in [-0.1, -0.05) is 12.1 Å². The number of aromatic nitrogens is 1. The fourth-order valence-corrected chi connectivity index (χ4v) is 2.68. The Morgan fingerprint density at radius 2 is 1.69 bits per heavy atom. The van der Waals surface area contributed by atoms with Gasteiger partial charge in [-0.2, -0.15) is 0 Å². The number of amides is 1. The van der Waals surface area contributed by atoms with Crippen LogP contribution in [0.2, 0.25) is 0 Å². The van der Waals surface area contributed by atoms with Crippen LogP contribution in [0.1, 0.15) is 26.3 Å². The summed E-state index contributed by atoms with van der Waals surface area (Å²) in [5.74, 6) is -0.935. The van der Waals surface area contributed by atoms with Gasteiger partial charge in [0.2, 0.25) is 0 Å². The SMILES string of the molecule is COC(=O)c1ccc(Nc2cncc(C(=O)NCCc3ccc(F)cc3)c2)cc1. The second kappa shape index (κ2) is 9.45. The molecule has 3 aromatic rings. The van der Waals surface area contributed by atoms with Crippen LogP contribution < -0.4 is 10.6 Å². The number of nitrogens with zero attached hydrogens (tertiary/aromatic N) is 1. The highest BCUT2D eigenvalue weighted by Gasteiger charge is 2.08. The Morgan fingerprint density at radius 1 is 0.966 bits per heavy atom. The van der Waals surface area contributed by atoms with E-state index in [0.717, 1.165) is 11.3 Å². The Bertz CT molecular complexity index is 989. The van der Waals surface area contributed by atoms with E-state index in [1.54, 1.807) is 48.7 Å². The van der Waals surface area contributed by atoms with E-state index < -0.39 is 5.97 Å². The number of pyridine rings is 1. The van der Waals surface area contributed by atoms with E-state index in [0.29, 0.717) is 29.8 Å². The maximum Gasteiger partial charge on any atom is 0.337 e. The first-order valence-electron chi connectivity index (χ1n) is 8.98. The molecule has 0 fully saturated rings. The smallest absolute Gasteiger partial charge is 0.337 e. The van der Waals surface area contributed by atoms with Crippen LogP contribution in [0.25, 0.3) is 0 Å². The van der Waals surface area contributed by atoms with Gasteiger partial charge in [-0.3, -0.25) is 9.78 Å². The van der Waals surface area contributed by atoms with Crippen LogP contribution in [0.15, 0.2) is 67.0 Å². The van der Waals surface area contributed by atoms with E-state index in [-0.39, 0.29) is 11.7 Å². The normalized spacial score (nSPS) is 10.3. The van der Waals surface area contributed by atoms with Crippen molar-refractivity contribution >= 4 is 23.3 Å². The molecule has 0 saturated carbocycles. The Hall–Kier alpha value is -3.74. The van der Waals surface area contributed by atoms with Crippen molar-refractivity contribution in [3.8, 4) is 0 Å². The standard InChI is InChI=1S/C22H20FN3O3/c1-29-22(28)16-4-8-19(9-5-16)26-20-12-17(13-24-14-20)21(27)25-11-10-15-2-6-18(23)7-3-15/h2-9,12-14,26H,10-11H2,1H3,(H,25,27). The second-order valence-electron chi connectivity index (χ2n) is 6.29. The predicted octanol–water partition coefficient (Wildman–Crippen LogP) is 3.72. The van der Waals surface area contributed by atoms with Crippen LogP contribution >= 0.6 is 0 Å². The van der Waals surface area contributed by atoms with Gasteiger partial charge in [-0.05, 0) is 54.4 Å². The van der Waals surface area contributed by atoms with E-state index in [1.165, 1.54) is 25.4 Å². The maximum atomic E-state index is 12.9. The topological polar surface area (TPSA) is 80.3 Å². The number of methoxy groups -OCH3 is 1. The van der Waals surface area contributed by atoms with Crippen LogP contribution in [0.3, 0.4) is 0 Å². The third kappa shape index (κ3) is 5.62. The van der Waals surface area contributed by atoms with Crippen LogP contribution in [-0.4, -0.2) is 30.5 Å². The number of hydrogen-bond donors (Lipinski definition) is 2. The molecule has 29 heavy (non-hydrogen) atoms. The average Bonchev–Trinajstić information content (AvgIpc) is 2.75. The van der Waals surface area contributed by atoms with Crippen molar-refractivity contribution in [1.82, 2.24) is 10.3 Å². The first-order valence-corrected chi connectivity index (χ1v) is 8.98. The van der Waals surface area contributed by atoms with Gasteiger partial charge in [-0.15, -0.1) is 0 Å². The summed E-state index contributed by atoms with van der Waals surface area (Å²) in [5, 5.41) is 5.97. The summed E-state index contributed by atoms with van der Waals surface area (Å²) in [6, 6.07) is 14.6. The van der Waals surface area contributed by atoms with Gasteiger partial charge in [0.1, 0.15) is 5.82 Å². The van der Waals surface area contributed by atoms with E-state index in [2.05, 4.69) is 20.4 Å². The molecule has 0 spiro atoms. The molecule has 0 radical (unpaired) electrons. The number of esters is 1. The first-order chi connectivity index (χ1) is 14.0. The molecule has 1 aromatic heterocycles. The van der Waals surface area contributed by atoms with Gasteiger partial charge in [0, 0.05) is 18.4 Å². The quantitative estimate of drug-likeness (QED) is 0.598. The molecular formula is C22H20FN3O3. The van der Waals surface area contributed by atoms with Gasteiger partial charge >= 0.3 is 5.97 Å². The summed E-state index contributed by atoms with van der Waals surface area (Å²) in [7, 11) is 1.33. The summed E-state index contributed by atoms with van der Waals surface area (Å²) in [6.45, 7) is 0.428. The van der Waals surface area contributed by atoms with Crippen LogP contribution in [0.5, 0.6) is 0 Å². The number of anilines is 2. The van der Waals surface area contributed by atoms with E-state index in [1.807, 2.05) is 0 Å². The average molecular weight is 393 g/mol. The van der Waals surface area contributed by atoms with Gasteiger partial charge in [0.15, 0.2) is 0 Å². The monoisotopic (exact) mass is 393 g/mol. The zero-order chi connectivity index (χ0) is 20.6. The van der Waals surface area contributed by atoms with E-state index >= 15 is 0 Å². The van der Waals surface area contributed by atoms with Crippen molar-refractivity contribution < 1.29 is 18.7 Å². The molecule has 0 aliphatic rings. The molecule has 1 amide bonds. The highest BCUT2D eigenvalue weighted by Crippen LogP contribution is 2.18. The number of carbonyl (C=O) groups excluding carboxylic acids is 2. The molecule has 3 rings (SSSR count). The van der Waals surface area contributed by atoms with Gasteiger partial charge in [0.25, 0.3) is 5.91 Å². The minimum atomic E-state index is -0.405. The minimum absolute atomic E-state index is 0.246. The molecule has 1 heterocycles. The molecule has 0 bridgehead atoms. The van der Waals surface area contributed by atoms with Gasteiger partial charge in [-0.25, -0.2) is 9.18 Å². The number of carbonyl (C=O) groups is 2. The molecule has 2 aromatic carbocycles. The van der Waals surface area contributed by atoms with Crippen molar-refractivity contribution in [3.05, 3.63) is 89.5 Å². The number of ether oxygens (including phenoxy) is 1. The lowest BCUT2D eigenvalue weighted by atomic mass is 10.1. The lowest BCUT2D eigenvalue weighted by Crippen LogP contribution is -2.25. The molecule has 0 atom stereocenters. The van der Waals surface area contributed by atoms with Crippen molar-refractivity contribution in [2.75, 3.05) is 19.0 Å². The van der Waals surface area contributed by atoms with Crippen molar-refractivity contribution in [2.45, 2.75) is 6.42 Å². The molecule has 0 saturated heterocycles. The van der Waals surface area contributed by atoms with Crippen molar-refractivity contribution in [2.24, 2.45) is 0 Å². The number of benzene rings is 2. The summed E-state index contributed by atoms with van der Waals surface area (Å²) in [4.78, 5) is 27.9. The fraction of sp³-hybridized carbons (Fsp3) is 0.136. The largest absolute Gasteiger partial charge is 0.465 e. The van der Waals surface area contributed by atoms with Crippen LogP contribution in [-0.2, 0) is 11.2 Å². The minimum Gasteiger partial charge on any atom is -0.465 e. The number of nitrogens with one attached hydrogen (secondary N) is 2. The molecule has 7 heteroatoms. The van der Waals surface area contributed by atoms with Crippen molar-refractivity contribution in [1.29, 1.82) is 0 Å². The molecular weight excluding hydrogens is 373 g/mol.